The smallest absolute Gasteiger partial charge is 0.258 e. The van der Waals surface area contributed by atoms with Gasteiger partial charge in [-0.15, -0.1) is 0 Å². The minimum atomic E-state index is -4.12. The molecule has 0 aliphatic carbocycles. The molecule has 25 heavy (non-hydrogen) atoms. The van der Waals surface area contributed by atoms with Gasteiger partial charge in [-0.1, -0.05) is 17.7 Å². The summed E-state index contributed by atoms with van der Waals surface area (Å²) in [5, 5.41) is 14.7. The van der Waals surface area contributed by atoms with Crippen LogP contribution < -0.4 is 4.83 Å². The summed E-state index contributed by atoms with van der Waals surface area (Å²) in [4.78, 5) is 12.0. The Morgan fingerprint density at radius 3 is 2.56 bits per heavy atom. The molecule has 0 aliphatic heterocycles. The van der Waals surface area contributed by atoms with Crippen molar-refractivity contribution in [2.45, 2.75) is 18.7 Å². The van der Waals surface area contributed by atoms with Crippen molar-refractivity contribution in [2.24, 2.45) is 5.10 Å². The lowest BCUT2D eigenvalue weighted by Gasteiger charge is -2.07. The van der Waals surface area contributed by atoms with Crippen molar-refractivity contribution in [1.82, 2.24) is 4.83 Å². The van der Waals surface area contributed by atoms with Gasteiger partial charge in [0.25, 0.3) is 15.7 Å². The number of halogens is 2. The summed E-state index contributed by atoms with van der Waals surface area (Å²) in [7, 11) is -4.12. The van der Waals surface area contributed by atoms with Crippen LogP contribution in [-0.4, -0.2) is 19.1 Å². The van der Waals surface area contributed by atoms with Crippen LogP contribution in [0.5, 0.6) is 0 Å². The van der Waals surface area contributed by atoms with Gasteiger partial charge in [0.1, 0.15) is 5.82 Å². The summed E-state index contributed by atoms with van der Waals surface area (Å²) < 4.78 is 37.6. The van der Waals surface area contributed by atoms with Gasteiger partial charge in [0.2, 0.25) is 0 Å². The van der Waals surface area contributed by atoms with Gasteiger partial charge < -0.3 is 0 Å². The van der Waals surface area contributed by atoms with E-state index in [4.69, 9.17) is 11.6 Å². The molecular weight excluding hydrogens is 373 g/mol. The maximum atomic E-state index is 13.1. The molecule has 0 spiro atoms. The van der Waals surface area contributed by atoms with Crippen molar-refractivity contribution in [1.29, 1.82) is 0 Å². The second kappa shape index (κ2) is 7.16. The number of aryl methyl sites for hydroxylation is 1. The van der Waals surface area contributed by atoms with Crippen LogP contribution in [0, 0.1) is 22.9 Å². The number of hydrogen-bond donors (Lipinski definition) is 1. The maximum Gasteiger partial charge on any atom is 0.276 e. The van der Waals surface area contributed by atoms with Crippen molar-refractivity contribution in [3.8, 4) is 0 Å². The molecule has 7 nitrogen and oxygen atoms in total. The molecule has 2 aromatic rings. The van der Waals surface area contributed by atoms with Gasteiger partial charge in [-0.3, -0.25) is 10.1 Å². The summed E-state index contributed by atoms with van der Waals surface area (Å²) in [6, 6.07) is 7.13. The molecule has 0 amide bonds. The van der Waals surface area contributed by atoms with Gasteiger partial charge in [0.05, 0.1) is 20.6 Å². The first-order chi connectivity index (χ1) is 11.6. The molecule has 2 rings (SSSR count). The molecule has 0 saturated carbocycles. The highest BCUT2D eigenvalue weighted by atomic mass is 35.5. The van der Waals surface area contributed by atoms with E-state index in [2.05, 4.69) is 5.10 Å². The fraction of sp³-hybridized carbons (Fsp3) is 0.133. The van der Waals surface area contributed by atoms with Crippen LogP contribution in [0.25, 0.3) is 0 Å². The predicted octanol–water partition coefficient (Wildman–Crippen LogP) is 3.40. The van der Waals surface area contributed by atoms with Crippen LogP contribution in [0.3, 0.4) is 0 Å². The molecule has 0 radical (unpaired) electrons. The highest BCUT2D eigenvalue weighted by molar-refractivity contribution is 7.89. The van der Waals surface area contributed by atoms with E-state index >= 15 is 0 Å². The van der Waals surface area contributed by atoms with E-state index in [-0.39, 0.29) is 21.3 Å². The Bertz CT molecular complexity index is 977. The Kier molecular flexibility index (Phi) is 5.39. The van der Waals surface area contributed by atoms with Crippen LogP contribution in [0.15, 0.2) is 46.4 Å². The van der Waals surface area contributed by atoms with Gasteiger partial charge in [0, 0.05) is 17.2 Å². The highest BCUT2D eigenvalue weighted by Gasteiger charge is 2.19. The largest absolute Gasteiger partial charge is 0.276 e. The summed E-state index contributed by atoms with van der Waals surface area (Å²) in [5.74, 6) is -0.533. The van der Waals surface area contributed by atoms with Crippen molar-refractivity contribution in [3.63, 3.8) is 0 Å². The molecule has 0 aliphatic rings. The fourth-order valence-corrected chi connectivity index (χ4v) is 3.16. The number of sulfonamides is 1. The third-order valence-electron chi connectivity index (χ3n) is 3.34. The number of nitro benzene ring substituents is 1. The van der Waals surface area contributed by atoms with Crippen LogP contribution in [0.4, 0.5) is 10.1 Å². The SMILES string of the molecule is C/C(=N/NS(=O)(=O)c1ccc(C)c([N+](=O)[O-])c1)c1ccc(F)cc1Cl. The van der Waals surface area contributed by atoms with Gasteiger partial charge in [-0.2, -0.15) is 18.4 Å². The number of rotatable bonds is 5. The molecule has 0 aromatic heterocycles. The Balaban J connectivity index is 2.32. The lowest BCUT2D eigenvalue weighted by atomic mass is 10.1. The zero-order valence-corrected chi connectivity index (χ0v) is 14.7. The number of nitro groups is 1. The van der Waals surface area contributed by atoms with Gasteiger partial charge in [-0.25, -0.2) is 4.39 Å². The summed E-state index contributed by atoms with van der Waals surface area (Å²) in [6.07, 6.45) is 0. The minimum absolute atomic E-state index is 0.0754. The molecule has 0 atom stereocenters. The van der Waals surface area contributed by atoms with Gasteiger partial charge in [0.15, 0.2) is 0 Å². The third-order valence-corrected chi connectivity index (χ3v) is 4.86. The first-order valence-corrected chi connectivity index (χ1v) is 8.74. The standard InChI is InChI=1S/C15H13ClFN3O4S/c1-9-3-5-12(8-15(9)20(21)22)25(23,24)19-18-10(2)13-6-4-11(17)7-14(13)16/h3-8,19H,1-2H3/b18-10-. The first-order valence-electron chi connectivity index (χ1n) is 6.88. The molecule has 0 unspecified atom stereocenters. The Labute approximate surface area is 148 Å². The van der Waals surface area contributed by atoms with E-state index in [1.54, 1.807) is 0 Å². The number of benzene rings is 2. The molecule has 2 aromatic carbocycles. The monoisotopic (exact) mass is 385 g/mol. The van der Waals surface area contributed by atoms with E-state index in [0.29, 0.717) is 11.1 Å². The third kappa shape index (κ3) is 4.31. The van der Waals surface area contributed by atoms with E-state index in [1.807, 2.05) is 4.83 Å². The quantitative estimate of drug-likeness (QED) is 0.484. The molecular formula is C15H13ClFN3O4S. The predicted molar refractivity (Wildman–Crippen MR) is 91.8 cm³/mol. The second-order valence-corrected chi connectivity index (χ2v) is 7.19. The number of nitrogens with one attached hydrogen (secondary N) is 1. The number of hydrogen-bond acceptors (Lipinski definition) is 5. The number of hydrazone groups is 1. The number of nitrogens with zero attached hydrogens (tertiary/aromatic N) is 2. The highest BCUT2D eigenvalue weighted by Crippen LogP contribution is 2.22. The molecule has 10 heteroatoms. The van der Waals surface area contributed by atoms with Crippen molar-refractivity contribution >= 4 is 33.0 Å². The summed E-state index contributed by atoms with van der Waals surface area (Å²) in [5.41, 5.74) is 0.572. The molecule has 0 heterocycles. The topological polar surface area (TPSA) is 102 Å². The van der Waals surface area contributed by atoms with Crippen molar-refractivity contribution in [2.75, 3.05) is 0 Å². The minimum Gasteiger partial charge on any atom is -0.258 e. The van der Waals surface area contributed by atoms with Crippen LogP contribution in [0.2, 0.25) is 5.02 Å². The van der Waals surface area contributed by atoms with Gasteiger partial charge >= 0.3 is 0 Å². The zero-order chi connectivity index (χ0) is 18.8. The van der Waals surface area contributed by atoms with E-state index in [9.17, 15) is 22.9 Å². The van der Waals surface area contributed by atoms with E-state index in [0.717, 1.165) is 18.2 Å². The Morgan fingerprint density at radius 1 is 1.28 bits per heavy atom. The van der Waals surface area contributed by atoms with Crippen LogP contribution >= 0.6 is 11.6 Å². The molecule has 132 valence electrons. The van der Waals surface area contributed by atoms with Crippen molar-refractivity contribution in [3.05, 3.63) is 68.5 Å². The average molecular weight is 386 g/mol. The van der Waals surface area contributed by atoms with E-state index in [1.165, 1.54) is 32.0 Å². The molecule has 0 fully saturated rings. The molecule has 0 bridgehead atoms. The molecule has 1 N–H and O–H groups in total. The average Bonchev–Trinajstić information content (AvgIpc) is 2.52. The first kappa shape index (κ1) is 18.8. The maximum absolute atomic E-state index is 13.1. The fourth-order valence-electron chi connectivity index (χ4n) is 1.98. The lowest BCUT2D eigenvalue weighted by Crippen LogP contribution is -2.20. The summed E-state index contributed by atoms with van der Waals surface area (Å²) in [6.45, 7) is 2.99. The molecule has 0 saturated heterocycles. The lowest BCUT2D eigenvalue weighted by molar-refractivity contribution is -0.385. The Morgan fingerprint density at radius 2 is 1.96 bits per heavy atom. The summed E-state index contributed by atoms with van der Waals surface area (Å²) >= 11 is 5.89. The normalized spacial score (nSPS) is 12.1. The van der Waals surface area contributed by atoms with Crippen LogP contribution in [-0.2, 0) is 10.0 Å². The van der Waals surface area contributed by atoms with Crippen molar-refractivity contribution < 1.29 is 17.7 Å². The second-order valence-electron chi connectivity index (χ2n) is 5.12. The van der Waals surface area contributed by atoms with E-state index < -0.39 is 20.8 Å². The zero-order valence-electron chi connectivity index (χ0n) is 13.2. The van der Waals surface area contributed by atoms with Gasteiger partial charge in [-0.05, 0) is 38.1 Å². The Hall–Kier alpha value is -2.52. The van der Waals surface area contributed by atoms with Crippen LogP contribution in [0.1, 0.15) is 18.1 Å².